The van der Waals surface area contributed by atoms with Crippen molar-refractivity contribution in [3.8, 4) is 34.3 Å². The largest absolute Gasteiger partial charge is 0.477 e. The number of pyridine rings is 1. The first-order valence-electron chi connectivity index (χ1n) is 11.0. The van der Waals surface area contributed by atoms with E-state index in [-0.39, 0.29) is 22.9 Å². The monoisotopic (exact) mass is 487 g/mol. The summed E-state index contributed by atoms with van der Waals surface area (Å²) in [5.74, 6) is -0.800. The van der Waals surface area contributed by atoms with Crippen molar-refractivity contribution in [1.82, 2.24) is 4.98 Å². The average Bonchev–Trinajstić information content (AvgIpc) is 3.60. The predicted octanol–water partition coefficient (Wildman–Crippen LogP) is 5.06. The SMILES string of the molecule is N#Cc1c(-c2ccoc2)cc(-c2ccc(N3CCOCC3)cc2)nc1OCc1ccc(C(=O)O)s1. The molecule has 0 bridgehead atoms. The summed E-state index contributed by atoms with van der Waals surface area (Å²) in [5, 5.41) is 19.1. The van der Waals surface area contributed by atoms with E-state index in [1.54, 1.807) is 24.7 Å². The maximum Gasteiger partial charge on any atom is 0.345 e. The summed E-state index contributed by atoms with van der Waals surface area (Å²) in [6.45, 7) is 3.23. The van der Waals surface area contributed by atoms with Gasteiger partial charge in [-0.15, -0.1) is 11.3 Å². The van der Waals surface area contributed by atoms with E-state index in [4.69, 9.17) is 19.0 Å². The van der Waals surface area contributed by atoms with Gasteiger partial charge in [0, 0.05) is 40.3 Å². The number of nitriles is 1. The van der Waals surface area contributed by atoms with Crippen molar-refractivity contribution in [2.24, 2.45) is 0 Å². The standard InChI is InChI=1S/C26H21N3O5S/c27-14-22-21(18-7-10-33-15-18)13-23(17-1-3-19(4-2-17)29-8-11-32-12-9-29)28-25(22)34-16-20-5-6-24(35-20)26(30)31/h1-7,10,13,15H,8-9,11-12,16H2,(H,30,31). The summed E-state index contributed by atoms with van der Waals surface area (Å²) >= 11 is 1.13. The number of ether oxygens (including phenoxy) is 2. The molecule has 176 valence electrons. The third-order valence-corrected chi connectivity index (χ3v) is 6.74. The molecular weight excluding hydrogens is 466 g/mol. The van der Waals surface area contributed by atoms with Gasteiger partial charge in [-0.25, -0.2) is 9.78 Å². The molecule has 0 aliphatic carbocycles. The number of carboxylic acid groups (broad SMARTS) is 1. The zero-order valence-corrected chi connectivity index (χ0v) is 19.5. The van der Waals surface area contributed by atoms with Crippen LogP contribution in [-0.2, 0) is 11.3 Å². The Morgan fingerprint density at radius 3 is 2.60 bits per heavy atom. The Bertz CT molecular complexity index is 1370. The lowest BCUT2D eigenvalue weighted by Gasteiger charge is -2.28. The molecule has 1 aliphatic rings. The van der Waals surface area contributed by atoms with E-state index >= 15 is 0 Å². The molecule has 0 spiro atoms. The van der Waals surface area contributed by atoms with Crippen molar-refractivity contribution in [2.45, 2.75) is 6.61 Å². The van der Waals surface area contributed by atoms with Gasteiger partial charge >= 0.3 is 5.97 Å². The Morgan fingerprint density at radius 1 is 1.14 bits per heavy atom. The van der Waals surface area contributed by atoms with Crippen molar-refractivity contribution in [3.05, 3.63) is 76.4 Å². The van der Waals surface area contributed by atoms with Crippen LogP contribution >= 0.6 is 11.3 Å². The van der Waals surface area contributed by atoms with E-state index in [9.17, 15) is 10.1 Å². The molecule has 1 fully saturated rings. The van der Waals surface area contributed by atoms with Crippen molar-refractivity contribution >= 4 is 23.0 Å². The fourth-order valence-electron chi connectivity index (χ4n) is 3.90. The van der Waals surface area contributed by atoms with Gasteiger partial charge in [0.05, 0.1) is 31.4 Å². The molecule has 1 aliphatic heterocycles. The van der Waals surface area contributed by atoms with Crippen LogP contribution in [0.25, 0.3) is 22.4 Å². The zero-order valence-electron chi connectivity index (χ0n) is 18.6. The maximum absolute atomic E-state index is 11.2. The summed E-state index contributed by atoms with van der Waals surface area (Å²) in [4.78, 5) is 19.1. The number of aromatic nitrogens is 1. The highest BCUT2D eigenvalue weighted by Crippen LogP contribution is 2.35. The number of hydrogen-bond donors (Lipinski definition) is 1. The summed E-state index contributed by atoms with van der Waals surface area (Å²) in [7, 11) is 0. The molecule has 4 heterocycles. The van der Waals surface area contributed by atoms with Gasteiger partial charge in [0.15, 0.2) is 0 Å². The quantitative estimate of drug-likeness (QED) is 0.386. The van der Waals surface area contributed by atoms with Crippen molar-refractivity contribution < 1.29 is 23.8 Å². The van der Waals surface area contributed by atoms with Crippen LogP contribution in [0, 0.1) is 11.3 Å². The lowest BCUT2D eigenvalue weighted by molar-refractivity contribution is 0.0702. The normalized spacial score (nSPS) is 13.4. The van der Waals surface area contributed by atoms with Crippen LogP contribution in [-0.4, -0.2) is 42.4 Å². The van der Waals surface area contributed by atoms with Crippen molar-refractivity contribution in [1.29, 1.82) is 5.26 Å². The third-order valence-electron chi connectivity index (χ3n) is 5.69. The molecule has 1 aromatic carbocycles. The highest BCUT2D eigenvalue weighted by atomic mass is 32.1. The second-order valence-corrected chi connectivity index (χ2v) is 9.03. The first-order valence-corrected chi connectivity index (χ1v) is 11.8. The summed E-state index contributed by atoms with van der Waals surface area (Å²) in [6, 6.07) is 17.2. The highest BCUT2D eigenvalue weighted by Gasteiger charge is 2.19. The molecule has 1 saturated heterocycles. The third kappa shape index (κ3) is 4.89. The van der Waals surface area contributed by atoms with E-state index in [0.29, 0.717) is 24.5 Å². The van der Waals surface area contributed by atoms with Crippen LogP contribution in [0.15, 0.2) is 65.5 Å². The lowest BCUT2D eigenvalue weighted by Crippen LogP contribution is -2.36. The molecule has 9 heteroatoms. The molecule has 5 rings (SSSR count). The predicted molar refractivity (Wildman–Crippen MR) is 131 cm³/mol. The number of rotatable bonds is 7. The van der Waals surface area contributed by atoms with Crippen LogP contribution in [0.5, 0.6) is 5.88 Å². The van der Waals surface area contributed by atoms with E-state index in [1.807, 2.05) is 18.2 Å². The maximum atomic E-state index is 11.2. The molecular formula is C26H21N3O5S. The van der Waals surface area contributed by atoms with Crippen molar-refractivity contribution in [2.75, 3.05) is 31.2 Å². The van der Waals surface area contributed by atoms with Gasteiger partial charge in [-0.2, -0.15) is 5.26 Å². The molecule has 0 amide bonds. The Balaban J connectivity index is 1.49. The first-order chi connectivity index (χ1) is 17.1. The molecule has 0 saturated carbocycles. The number of morpholine rings is 1. The zero-order chi connectivity index (χ0) is 24.2. The number of aromatic carboxylic acids is 1. The number of anilines is 1. The van der Waals surface area contributed by atoms with Crippen molar-refractivity contribution in [3.63, 3.8) is 0 Å². The Hall–Kier alpha value is -4.13. The fourth-order valence-corrected chi connectivity index (χ4v) is 4.66. The molecule has 4 aromatic rings. The Labute approximate surface area is 205 Å². The van der Waals surface area contributed by atoms with Crippen LogP contribution in [0.1, 0.15) is 20.1 Å². The molecule has 3 aromatic heterocycles. The Morgan fingerprint density at radius 2 is 1.94 bits per heavy atom. The van der Waals surface area contributed by atoms with Crippen LogP contribution in [0.4, 0.5) is 5.69 Å². The van der Waals surface area contributed by atoms with Gasteiger partial charge in [0.1, 0.15) is 23.1 Å². The second kappa shape index (κ2) is 10.0. The lowest BCUT2D eigenvalue weighted by atomic mass is 10.0. The smallest absolute Gasteiger partial charge is 0.345 e. The van der Waals surface area contributed by atoms with E-state index in [2.05, 4.69) is 28.1 Å². The van der Waals surface area contributed by atoms with Crippen LogP contribution in [0.3, 0.4) is 0 Å². The molecule has 8 nitrogen and oxygen atoms in total. The minimum absolute atomic E-state index is 0.101. The molecule has 0 unspecified atom stereocenters. The number of benzene rings is 1. The summed E-state index contributed by atoms with van der Waals surface area (Å²) in [6.07, 6.45) is 3.12. The second-order valence-electron chi connectivity index (χ2n) is 7.87. The Kier molecular flexibility index (Phi) is 6.48. The minimum Gasteiger partial charge on any atom is -0.477 e. The van der Waals surface area contributed by atoms with Gasteiger partial charge in [-0.1, -0.05) is 12.1 Å². The van der Waals surface area contributed by atoms with Crippen LogP contribution in [0.2, 0.25) is 0 Å². The molecule has 0 radical (unpaired) electrons. The number of hydrogen-bond acceptors (Lipinski definition) is 8. The van der Waals surface area contributed by atoms with E-state index < -0.39 is 5.97 Å². The number of carbonyl (C=O) groups is 1. The number of thiophene rings is 1. The summed E-state index contributed by atoms with van der Waals surface area (Å²) in [5.41, 5.74) is 4.32. The van der Waals surface area contributed by atoms with E-state index in [1.165, 1.54) is 6.07 Å². The van der Waals surface area contributed by atoms with Gasteiger partial charge < -0.3 is 23.9 Å². The first kappa shape index (κ1) is 22.7. The number of nitrogens with zero attached hydrogens (tertiary/aromatic N) is 3. The highest BCUT2D eigenvalue weighted by molar-refractivity contribution is 7.13. The van der Waals surface area contributed by atoms with E-state index in [0.717, 1.165) is 46.1 Å². The molecule has 1 N–H and O–H groups in total. The fraction of sp³-hybridized carbons (Fsp3) is 0.192. The average molecular weight is 488 g/mol. The minimum atomic E-state index is -0.984. The van der Waals surface area contributed by atoms with Crippen LogP contribution < -0.4 is 9.64 Å². The van der Waals surface area contributed by atoms with Gasteiger partial charge in [-0.05, 0) is 36.4 Å². The topological polar surface area (TPSA) is 109 Å². The number of furan rings is 1. The number of carboxylic acids is 1. The van der Waals surface area contributed by atoms with Gasteiger partial charge in [0.2, 0.25) is 5.88 Å². The van der Waals surface area contributed by atoms with Gasteiger partial charge in [-0.3, -0.25) is 0 Å². The molecule has 35 heavy (non-hydrogen) atoms. The van der Waals surface area contributed by atoms with Gasteiger partial charge in [0.25, 0.3) is 0 Å². The molecule has 0 atom stereocenters. The summed E-state index contributed by atoms with van der Waals surface area (Å²) < 4.78 is 16.6.